The molecule has 0 radical (unpaired) electrons. The minimum absolute atomic E-state index is 0.0799. The van der Waals surface area contributed by atoms with Crippen molar-refractivity contribution in [2.75, 3.05) is 0 Å². The quantitative estimate of drug-likeness (QED) is 0.573. The van der Waals surface area contributed by atoms with Crippen molar-refractivity contribution in [2.45, 2.75) is 44.8 Å². The monoisotopic (exact) mass is 157 g/mol. The zero-order valence-electron chi connectivity index (χ0n) is 6.88. The van der Waals surface area contributed by atoms with E-state index in [2.05, 4.69) is 0 Å². The van der Waals surface area contributed by atoms with Crippen LogP contribution in [0.2, 0.25) is 0 Å². The van der Waals surface area contributed by atoms with Crippen LogP contribution in [0.5, 0.6) is 0 Å². The van der Waals surface area contributed by atoms with Crippen LogP contribution in [0.1, 0.15) is 32.6 Å². The Hall–Kier alpha value is -0.570. The van der Waals surface area contributed by atoms with Crippen LogP contribution in [0.3, 0.4) is 0 Å². The molecule has 1 fully saturated rings. The van der Waals surface area contributed by atoms with Crippen LogP contribution in [0.15, 0.2) is 0 Å². The lowest BCUT2D eigenvalue weighted by Crippen LogP contribution is -2.32. The van der Waals surface area contributed by atoms with E-state index in [-0.39, 0.29) is 18.1 Å². The zero-order valence-corrected chi connectivity index (χ0v) is 6.88. The maximum absolute atomic E-state index is 10.6. The summed E-state index contributed by atoms with van der Waals surface area (Å²) in [4.78, 5) is 10.6. The van der Waals surface area contributed by atoms with Crippen molar-refractivity contribution in [1.29, 1.82) is 0 Å². The molecule has 0 aromatic heterocycles. The summed E-state index contributed by atoms with van der Waals surface area (Å²) in [5.41, 5.74) is 5.71. The molecule has 64 valence electrons. The summed E-state index contributed by atoms with van der Waals surface area (Å²) in [5.74, 6) is -0.191. The molecule has 0 aromatic rings. The number of hydrogen-bond donors (Lipinski definition) is 1. The van der Waals surface area contributed by atoms with Gasteiger partial charge in [-0.3, -0.25) is 4.79 Å². The molecule has 2 N–H and O–H groups in total. The van der Waals surface area contributed by atoms with E-state index in [1.54, 1.807) is 0 Å². The fourth-order valence-corrected chi connectivity index (χ4v) is 1.52. The summed E-state index contributed by atoms with van der Waals surface area (Å²) in [6, 6.07) is 0.230. The van der Waals surface area contributed by atoms with Gasteiger partial charge in [0.25, 0.3) is 0 Å². The van der Waals surface area contributed by atoms with E-state index in [1.165, 1.54) is 6.92 Å². The SMILES string of the molecule is CC(=O)OC1CCCC(N)C1. The fourth-order valence-electron chi connectivity index (χ4n) is 1.52. The summed E-state index contributed by atoms with van der Waals surface area (Å²) in [7, 11) is 0. The van der Waals surface area contributed by atoms with Gasteiger partial charge in [-0.1, -0.05) is 0 Å². The van der Waals surface area contributed by atoms with E-state index in [0.717, 1.165) is 25.7 Å². The zero-order chi connectivity index (χ0) is 8.27. The second-order valence-electron chi connectivity index (χ2n) is 3.16. The molecule has 0 aliphatic heterocycles. The first-order valence-corrected chi connectivity index (χ1v) is 4.11. The molecule has 0 aromatic carbocycles. The van der Waals surface area contributed by atoms with E-state index in [1.807, 2.05) is 0 Å². The molecule has 0 amide bonds. The van der Waals surface area contributed by atoms with E-state index in [9.17, 15) is 4.79 Å². The highest BCUT2D eigenvalue weighted by molar-refractivity contribution is 5.66. The molecule has 2 unspecified atom stereocenters. The van der Waals surface area contributed by atoms with Crippen molar-refractivity contribution in [1.82, 2.24) is 0 Å². The lowest BCUT2D eigenvalue weighted by molar-refractivity contribution is -0.147. The molecule has 1 saturated carbocycles. The smallest absolute Gasteiger partial charge is 0.302 e. The number of carbonyl (C=O) groups excluding carboxylic acids is 1. The van der Waals surface area contributed by atoms with Crippen molar-refractivity contribution in [2.24, 2.45) is 5.73 Å². The van der Waals surface area contributed by atoms with Crippen LogP contribution in [-0.2, 0) is 9.53 Å². The van der Waals surface area contributed by atoms with Crippen molar-refractivity contribution >= 4 is 5.97 Å². The first kappa shape index (κ1) is 8.53. The minimum atomic E-state index is -0.191. The predicted octanol–water partition coefficient (Wildman–Crippen LogP) is 0.819. The molecular weight excluding hydrogens is 142 g/mol. The Bertz CT molecular complexity index is 147. The third-order valence-electron chi connectivity index (χ3n) is 2.00. The maximum Gasteiger partial charge on any atom is 0.302 e. The number of rotatable bonds is 1. The molecule has 3 nitrogen and oxygen atoms in total. The molecule has 3 heteroatoms. The predicted molar refractivity (Wildman–Crippen MR) is 42.0 cm³/mol. The number of esters is 1. The van der Waals surface area contributed by atoms with Crippen molar-refractivity contribution in [3.63, 3.8) is 0 Å². The molecule has 11 heavy (non-hydrogen) atoms. The Kier molecular flexibility index (Phi) is 2.88. The largest absolute Gasteiger partial charge is 0.463 e. The summed E-state index contributed by atoms with van der Waals surface area (Å²) >= 11 is 0. The van der Waals surface area contributed by atoms with Crippen LogP contribution in [-0.4, -0.2) is 18.1 Å². The van der Waals surface area contributed by atoms with Gasteiger partial charge in [-0.2, -0.15) is 0 Å². The van der Waals surface area contributed by atoms with E-state index < -0.39 is 0 Å². The van der Waals surface area contributed by atoms with Gasteiger partial charge in [-0.15, -0.1) is 0 Å². The summed E-state index contributed by atoms with van der Waals surface area (Å²) in [5, 5.41) is 0. The van der Waals surface area contributed by atoms with E-state index in [4.69, 9.17) is 10.5 Å². The highest BCUT2D eigenvalue weighted by Gasteiger charge is 2.20. The molecule has 0 heterocycles. The van der Waals surface area contributed by atoms with Crippen molar-refractivity contribution in [3.8, 4) is 0 Å². The average molecular weight is 157 g/mol. The molecule has 0 spiro atoms. The Balaban J connectivity index is 2.28. The van der Waals surface area contributed by atoms with Crippen LogP contribution < -0.4 is 5.73 Å². The summed E-state index contributed by atoms with van der Waals surface area (Å²) in [6.07, 6.45) is 4.04. The third kappa shape index (κ3) is 2.89. The topological polar surface area (TPSA) is 52.3 Å². The van der Waals surface area contributed by atoms with Gasteiger partial charge >= 0.3 is 5.97 Å². The van der Waals surface area contributed by atoms with Crippen LogP contribution >= 0.6 is 0 Å². The number of nitrogens with two attached hydrogens (primary N) is 1. The van der Waals surface area contributed by atoms with Gasteiger partial charge in [0, 0.05) is 13.0 Å². The average Bonchev–Trinajstić information content (AvgIpc) is 1.85. The van der Waals surface area contributed by atoms with Gasteiger partial charge in [0.15, 0.2) is 0 Å². The Morgan fingerprint density at radius 2 is 2.27 bits per heavy atom. The van der Waals surface area contributed by atoms with Gasteiger partial charge in [-0.25, -0.2) is 0 Å². The highest BCUT2D eigenvalue weighted by atomic mass is 16.5. The van der Waals surface area contributed by atoms with Gasteiger partial charge in [0.2, 0.25) is 0 Å². The van der Waals surface area contributed by atoms with Crippen molar-refractivity contribution in [3.05, 3.63) is 0 Å². The van der Waals surface area contributed by atoms with Gasteiger partial charge in [0.05, 0.1) is 0 Å². The second-order valence-corrected chi connectivity index (χ2v) is 3.16. The van der Waals surface area contributed by atoms with E-state index in [0.29, 0.717) is 0 Å². The molecule has 1 rings (SSSR count). The van der Waals surface area contributed by atoms with Crippen LogP contribution in [0.4, 0.5) is 0 Å². The second kappa shape index (κ2) is 3.72. The van der Waals surface area contributed by atoms with Crippen LogP contribution in [0.25, 0.3) is 0 Å². The minimum Gasteiger partial charge on any atom is -0.463 e. The molecule has 2 atom stereocenters. The molecule has 0 bridgehead atoms. The number of ether oxygens (including phenoxy) is 1. The summed E-state index contributed by atoms with van der Waals surface area (Å²) in [6.45, 7) is 1.44. The molecule has 1 aliphatic carbocycles. The molecule has 1 aliphatic rings. The Morgan fingerprint density at radius 3 is 2.82 bits per heavy atom. The lowest BCUT2D eigenvalue weighted by Gasteiger charge is -2.25. The number of hydrogen-bond acceptors (Lipinski definition) is 3. The standard InChI is InChI=1S/C8H15NO2/c1-6(10)11-8-4-2-3-7(9)5-8/h7-8H,2-5,9H2,1H3. The summed E-state index contributed by atoms with van der Waals surface area (Å²) < 4.78 is 5.04. The molecule has 0 saturated heterocycles. The van der Waals surface area contributed by atoms with Crippen molar-refractivity contribution < 1.29 is 9.53 Å². The molecular formula is C8H15NO2. The Morgan fingerprint density at radius 1 is 1.55 bits per heavy atom. The fraction of sp³-hybridized carbons (Fsp3) is 0.875. The highest BCUT2D eigenvalue weighted by Crippen LogP contribution is 2.19. The van der Waals surface area contributed by atoms with E-state index >= 15 is 0 Å². The van der Waals surface area contributed by atoms with Gasteiger partial charge in [0.1, 0.15) is 6.10 Å². The van der Waals surface area contributed by atoms with Gasteiger partial charge < -0.3 is 10.5 Å². The number of carbonyl (C=O) groups is 1. The third-order valence-corrected chi connectivity index (χ3v) is 2.00. The first-order valence-electron chi connectivity index (χ1n) is 4.11. The first-order chi connectivity index (χ1) is 5.18. The van der Waals surface area contributed by atoms with Gasteiger partial charge in [-0.05, 0) is 25.7 Å². The Labute approximate surface area is 66.9 Å². The lowest BCUT2D eigenvalue weighted by atomic mass is 9.94. The van der Waals surface area contributed by atoms with Crippen LogP contribution in [0, 0.1) is 0 Å². The normalized spacial score (nSPS) is 31.5. The maximum atomic E-state index is 10.6.